The number of benzene rings is 1. The zero-order chi connectivity index (χ0) is 15.2. The summed E-state index contributed by atoms with van der Waals surface area (Å²) in [5, 5.41) is 17.6. The second-order valence-corrected chi connectivity index (χ2v) is 5.71. The first-order chi connectivity index (χ1) is 10.0. The summed E-state index contributed by atoms with van der Waals surface area (Å²) < 4.78 is 5.57. The van der Waals surface area contributed by atoms with Crippen molar-refractivity contribution in [3.63, 3.8) is 0 Å². The quantitative estimate of drug-likeness (QED) is 0.597. The van der Waals surface area contributed by atoms with Gasteiger partial charge in [0.15, 0.2) is 0 Å². The van der Waals surface area contributed by atoms with E-state index in [2.05, 4.69) is 10.6 Å². The van der Waals surface area contributed by atoms with Gasteiger partial charge in [-0.1, -0.05) is 0 Å². The number of nitrogens with one attached hydrogen (secondary N) is 2. The van der Waals surface area contributed by atoms with Gasteiger partial charge >= 0.3 is 0 Å². The lowest BCUT2D eigenvalue weighted by atomic mass is 10.1. The highest BCUT2D eigenvalue weighted by atomic mass is 16.6. The van der Waals surface area contributed by atoms with Crippen molar-refractivity contribution in [2.75, 3.05) is 25.0 Å². The highest BCUT2D eigenvalue weighted by Gasteiger charge is 2.15. The minimum absolute atomic E-state index is 0.00980. The zero-order valence-corrected chi connectivity index (χ0v) is 12.6. The van der Waals surface area contributed by atoms with E-state index in [1.54, 1.807) is 6.07 Å². The molecule has 6 heteroatoms. The van der Waals surface area contributed by atoms with Crippen molar-refractivity contribution in [2.24, 2.45) is 5.92 Å². The predicted octanol–water partition coefficient (Wildman–Crippen LogP) is 2.79. The van der Waals surface area contributed by atoms with Crippen molar-refractivity contribution in [1.29, 1.82) is 0 Å². The van der Waals surface area contributed by atoms with Gasteiger partial charge in [-0.15, -0.1) is 0 Å². The maximum absolute atomic E-state index is 11.0. The Bertz CT molecular complexity index is 485. The molecule has 1 heterocycles. The molecule has 1 aliphatic rings. The summed E-state index contributed by atoms with van der Waals surface area (Å²) in [6.07, 6.45) is 2.26. The minimum Gasteiger partial charge on any atom is -0.491 e. The molecule has 0 aliphatic carbocycles. The zero-order valence-electron chi connectivity index (χ0n) is 12.6. The fourth-order valence-electron chi connectivity index (χ4n) is 2.51. The molecular weight excluding hydrogens is 270 g/mol. The third-order valence-electron chi connectivity index (χ3n) is 3.52. The van der Waals surface area contributed by atoms with Crippen LogP contribution in [0, 0.1) is 16.0 Å². The molecule has 2 N–H and O–H groups in total. The molecular formula is C15H23N3O3. The van der Waals surface area contributed by atoms with Crippen molar-refractivity contribution in [1.82, 2.24) is 5.32 Å². The Kier molecular flexibility index (Phi) is 5.38. The summed E-state index contributed by atoms with van der Waals surface area (Å²) in [6, 6.07) is 4.84. The van der Waals surface area contributed by atoms with Gasteiger partial charge in [0, 0.05) is 24.4 Å². The van der Waals surface area contributed by atoms with Crippen LogP contribution in [0.15, 0.2) is 18.2 Å². The average molecular weight is 293 g/mol. The van der Waals surface area contributed by atoms with Crippen LogP contribution in [0.3, 0.4) is 0 Å². The van der Waals surface area contributed by atoms with Crippen molar-refractivity contribution < 1.29 is 9.66 Å². The Balaban J connectivity index is 1.99. The summed E-state index contributed by atoms with van der Waals surface area (Å²) in [5.74, 6) is 1.23. The molecule has 0 amide bonds. The van der Waals surface area contributed by atoms with E-state index in [9.17, 15) is 10.1 Å². The van der Waals surface area contributed by atoms with Crippen LogP contribution in [0.2, 0.25) is 0 Å². The summed E-state index contributed by atoms with van der Waals surface area (Å²) in [7, 11) is 0. The van der Waals surface area contributed by atoms with Gasteiger partial charge in [-0.2, -0.15) is 0 Å². The molecule has 1 aromatic rings. The topological polar surface area (TPSA) is 76.4 Å². The maximum Gasteiger partial charge on any atom is 0.275 e. The van der Waals surface area contributed by atoms with Crippen LogP contribution in [0.1, 0.15) is 26.7 Å². The van der Waals surface area contributed by atoms with Gasteiger partial charge in [0.1, 0.15) is 5.75 Å². The largest absolute Gasteiger partial charge is 0.491 e. The van der Waals surface area contributed by atoms with E-state index >= 15 is 0 Å². The van der Waals surface area contributed by atoms with Crippen molar-refractivity contribution in [3.8, 4) is 5.75 Å². The number of nitro benzene ring substituents is 1. The first-order valence-electron chi connectivity index (χ1n) is 7.45. The Hall–Kier alpha value is -1.82. The number of ether oxygens (including phenoxy) is 1. The van der Waals surface area contributed by atoms with E-state index in [0.29, 0.717) is 11.7 Å². The van der Waals surface area contributed by atoms with Crippen LogP contribution in [0.25, 0.3) is 0 Å². The van der Waals surface area contributed by atoms with Crippen LogP contribution in [0.5, 0.6) is 5.75 Å². The van der Waals surface area contributed by atoms with E-state index in [-0.39, 0.29) is 16.7 Å². The number of hydrogen-bond acceptors (Lipinski definition) is 5. The molecule has 1 atom stereocenters. The molecule has 116 valence electrons. The molecule has 0 saturated carbocycles. The lowest BCUT2D eigenvalue weighted by Gasteiger charge is -2.13. The highest BCUT2D eigenvalue weighted by molar-refractivity contribution is 5.56. The Labute approximate surface area is 125 Å². The predicted molar refractivity (Wildman–Crippen MR) is 82.9 cm³/mol. The number of hydrogen-bond donors (Lipinski definition) is 2. The summed E-state index contributed by atoms with van der Waals surface area (Å²) in [6.45, 7) is 6.78. The standard InChI is InChI=1S/C15H23N3O3/c1-11(2)21-15-8-13(7-14(9-15)18(19)20)17-6-4-12-3-5-16-10-12/h7-9,11-12,16-17H,3-6,10H2,1-2H3. The fraction of sp³-hybridized carbons (Fsp3) is 0.600. The molecule has 0 radical (unpaired) electrons. The molecule has 1 fully saturated rings. The normalized spacial score (nSPS) is 18.0. The molecule has 6 nitrogen and oxygen atoms in total. The van der Waals surface area contributed by atoms with E-state index in [0.717, 1.165) is 31.7 Å². The third kappa shape index (κ3) is 4.90. The molecule has 21 heavy (non-hydrogen) atoms. The molecule has 0 spiro atoms. The van der Waals surface area contributed by atoms with Crippen LogP contribution >= 0.6 is 0 Å². The molecule has 1 unspecified atom stereocenters. The van der Waals surface area contributed by atoms with E-state index in [1.165, 1.54) is 12.5 Å². The van der Waals surface area contributed by atoms with E-state index < -0.39 is 0 Å². The third-order valence-corrected chi connectivity index (χ3v) is 3.52. The second-order valence-electron chi connectivity index (χ2n) is 5.71. The SMILES string of the molecule is CC(C)Oc1cc(NCCC2CCNC2)cc([N+](=O)[O-])c1. The van der Waals surface area contributed by atoms with Gasteiger partial charge in [0.05, 0.1) is 17.1 Å². The maximum atomic E-state index is 11.0. The summed E-state index contributed by atoms with van der Waals surface area (Å²) in [5.41, 5.74) is 0.795. The molecule has 0 aromatic heterocycles. The molecule has 0 bridgehead atoms. The molecule has 1 aromatic carbocycles. The Morgan fingerprint density at radius 3 is 2.90 bits per heavy atom. The van der Waals surface area contributed by atoms with Crippen molar-refractivity contribution in [2.45, 2.75) is 32.8 Å². The lowest BCUT2D eigenvalue weighted by Crippen LogP contribution is -2.13. The van der Waals surface area contributed by atoms with Crippen LogP contribution in [-0.4, -0.2) is 30.7 Å². The molecule has 2 rings (SSSR count). The lowest BCUT2D eigenvalue weighted by molar-refractivity contribution is -0.384. The van der Waals surface area contributed by atoms with Crippen LogP contribution in [0.4, 0.5) is 11.4 Å². The fourth-order valence-corrected chi connectivity index (χ4v) is 2.51. The summed E-state index contributed by atoms with van der Waals surface area (Å²) in [4.78, 5) is 10.6. The Morgan fingerprint density at radius 1 is 1.48 bits per heavy atom. The second kappa shape index (κ2) is 7.26. The highest BCUT2D eigenvalue weighted by Crippen LogP contribution is 2.27. The van der Waals surface area contributed by atoms with Gasteiger partial charge in [-0.3, -0.25) is 10.1 Å². The first kappa shape index (κ1) is 15.6. The number of nitro groups is 1. The number of rotatable bonds is 7. The van der Waals surface area contributed by atoms with E-state index in [4.69, 9.17) is 4.74 Å². The average Bonchev–Trinajstić information content (AvgIpc) is 2.90. The number of non-ortho nitro benzene ring substituents is 1. The minimum atomic E-state index is -0.390. The molecule has 1 saturated heterocycles. The van der Waals surface area contributed by atoms with Gasteiger partial charge < -0.3 is 15.4 Å². The number of nitrogens with zero attached hydrogens (tertiary/aromatic N) is 1. The smallest absolute Gasteiger partial charge is 0.275 e. The van der Waals surface area contributed by atoms with Crippen LogP contribution in [-0.2, 0) is 0 Å². The Morgan fingerprint density at radius 2 is 2.29 bits per heavy atom. The van der Waals surface area contributed by atoms with Crippen molar-refractivity contribution >= 4 is 11.4 Å². The van der Waals surface area contributed by atoms with Gasteiger partial charge in [0.25, 0.3) is 5.69 Å². The van der Waals surface area contributed by atoms with Gasteiger partial charge in [-0.05, 0) is 45.7 Å². The van der Waals surface area contributed by atoms with E-state index in [1.807, 2.05) is 19.9 Å². The van der Waals surface area contributed by atoms with Gasteiger partial charge in [-0.25, -0.2) is 0 Å². The number of anilines is 1. The van der Waals surface area contributed by atoms with Crippen LogP contribution < -0.4 is 15.4 Å². The summed E-state index contributed by atoms with van der Waals surface area (Å²) >= 11 is 0. The van der Waals surface area contributed by atoms with Gasteiger partial charge in [0.2, 0.25) is 0 Å². The monoisotopic (exact) mass is 293 g/mol. The first-order valence-corrected chi connectivity index (χ1v) is 7.45. The van der Waals surface area contributed by atoms with Crippen molar-refractivity contribution in [3.05, 3.63) is 28.3 Å². The molecule has 1 aliphatic heterocycles.